The third-order valence-electron chi connectivity index (χ3n) is 2.97. The van der Waals surface area contributed by atoms with Crippen LogP contribution in [0, 0.1) is 6.92 Å². The van der Waals surface area contributed by atoms with Crippen LogP contribution in [0.3, 0.4) is 0 Å². The van der Waals surface area contributed by atoms with Crippen LogP contribution >= 0.6 is 0 Å². The van der Waals surface area contributed by atoms with Crippen LogP contribution in [-0.4, -0.2) is 17.4 Å². The first-order valence-corrected chi connectivity index (χ1v) is 7.27. The lowest BCUT2D eigenvalue weighted by atomic mass is 10.2. The zero-order chi connectivity index (χ0) is 13.5. The molecule has 96 valence electrons. The maximum atomic E-state index is 12.5. The van der Waals surface area contributed by atoms with Crippen molar-refractivity contribution in [2.45, 2.75) is 11.8 Å². The molecule has 3 aromatic rings. The number of fused-ring (bicyclic) bond motifs is 1. The summed E-state index contributed by atoms with van der Waals surface area (Å²) in [6.07, 6.45) is 1.35. The zero-order valence-electron chi connectivity index (χ0n) is 10.3. The number of benzene rings is 2. The van der Waals surface area contributed by atoms with E-state index in [4.69, 9.17) is 0 Å². The summed E-state index contributed by atoms with van der Waals surface area (Å²) in [5.74, 6) is 0. The van der Waals surface area contributed by atoms with E-state index in [1.807, 2.05) is 19.1 Å². The van der Waals surface area contributed by atoms with E-state index in [1.54, 1.807) is 36.4 Å². The molecule has 0 radical (unpaired) electrons. The van der Waals surface area contributed by atoms with Gasteiger partial charge in [-0.1, -0.05) is 24.3 Å². The SMILES string of the molecule is Cc1ccc2c(c1)ncn2S(=O)(=O)c1ccccc1. The molecule has 0 unspecified atom stereocenters. The predicted octanol–water partition coefficient (Wildman–Crippen LogP) is 2.58. The maximum Gasteiger partial charge on any atom is 0.269 e. The molecule has 0 N–H and O–H groups in total. The van der Waals surface area contributed by atoms with Crippen molar-refractivity contribution in [3.05, 3.63) is 60.4 Å². The maximum absolute atomic E-state index is 12.5. The van der Waals surface area contributed by atoms with Gasteiger partial charge in [0.15, 0.2) is 0 Å². The summed E-state index contributed by atoms with van der Waals surface area (Å²) in [7, 11) is -3.58. The highest BCUT2D eigenvalue weighted by atomic mass is 32.2. The van der Waals surface area contributed by atoms with Gasteiger partial charge < -0.3 is 0 Å². The normalized spacial score (nSPS) is 11.8. The zero-order valence-corrected chi connectivity index (χ0v) is 11.1. The van der Waals surface area contributed by atoms with Crippen LogP contribution in [0.15, 0.2) is 59.8 Å². The summed E-state index contributed by atoms with van der Waals surface area (Å²) in [6, 6.07) is 13.9. The fourth-order valence-corrected chi connectivity index (χ4v) is 3.31. The molecule has 1 aromatic heterocycles. The number of hydrogen-bond acceptors (Lipinski definition) is 3. The molecule has 0 saturated carbocycles. The average Bonchev–Trinajstić information content (AvgIpc) is 2.83. The van der Waals surface area contributed by atoms with Crippen molar-refractivity contribution in [1.29, 1.82) is 0 Å². The van der Waals surface area contributed by atoms with Crippen LogP contribution in [0.5, 0.6) is 0 Å². The average molecular weight is 272 g/mol. The lowest BCUT2D eigenvalue weighted by molar-refractivity contribution is 0.588. The number of imidazole rings is 1. The second-order valence-corrected chi connectivity index (χ2v) is 6.17. The van der Waals surface area contributed by atoms with Gasteiger partial charge in [-0.25, -0.2) is 17.4 Å². The molecule has 19 heavy (non-hydrogen) atoms. The molecule has 3 rings (SSSR count). The van der Waals surface area contributed by atoms with Crippen molar-refractivity contribution in [2.24, 2.45) is 0 Å². The van der Waals surface area contributed by atoms with Gasteiger partial charge in [0.05, 0.1) is 15.9 Å². The Morgan fingerprint density at radius 1 is 1.05 bits per heavy atom. The van der Waals surface area contributed by atoms with Gasteiger partial charge in [-0.05, 0) is 36.8 Å². The highest BCUT2D eigenvalue weighted by Gasteiger charge is 2.18. The number of aromatic nitrogens is 2. The highest BCUT2D eigenvalue weighted by molar-refractivity contribution is 7.90. The van der Waals surface area contributed by atoms with Gasteiger partial charge in [0, 0.05) is 0 Å². The monoisotopic (exact) mass is 272 g/mol. The molecule has 0 saturated heterocycles. The van der Waals surface area contributed by atoms with E-state index in [1.165, 1.54) is 10.3 Å². The third kappa shape index (κ3) is 1.92. The second-order valence-electron chi connectivity index (χ2n) is 4.35. The summed E-state index contributed by atoms with van der Waals surface area (Å²) >= 11 is 0. The molecule has 0 spiro atoms. The lowest BCUT2D eigenvalue weighted by Crippen LogP contribution is -2.11. The number of hydrogen-bond donors (Lipinski definition) is 0. The second kappa shape index (κ2) is 4.20. The molecule has 0 atom stereocenters. The van der Waals surface area contributed by atoms with E-state index in [2.05, 4.69) is 4.98 Å². The van der Waals surface area contributed by atoms with Crippen LogP contribution in [0.2, 0.25) is 0 Å². The molecule has 4 nitrogen and oxygen atoms in total. The first kappa shape index (κ1) is 11.9. The van der Waals surface area contributed by atoms with Crippen LogP contribution in [0.1, 0.15) is 5.56 Å². The van der Waals surface area contributed by atoms with Gasteiger partial charge in [-0.2, -0.15) is 0 Å². The fraction of sp³-hybridized carbons (Fsp3) is 0.0714. The molecule has 1 heterocycles. The molecule has 5 heteroatoms. The topological polar surface area (TPSA) is 52.0 Å². The summed E-state index contributed by atoms with van der Waals surface area (Å²) in [6.45, 7) is 1.95. The van der Waals surface area contributed by atoms with Crippen LogP contribution in [-0.2, 0) is 10.0 Å². The fourth-order valence-electron chi connectivity index (χ4n) is 2.00. The first-order chi connectivity index (χ1) is 9.09. The van der Waals surface area contributed by atoms with E-state index in [-0.39, 0.29) is 4.90 Å². The van der Waals surface area contributed by atoms with Crippen molar-refractivity contribution in [3.63, 3.8) is 0 Å². The van der Waals surface area contributed by atoms with E-state index in [0.29, 0.717) is 11.0 Å². The minimum atomic E-state index is -3.58. The van der Waals surface area contributed by atoms with Gasteiger partial charge in [0.25, 0.3) is 10.0 Å². The highest BCUT2D eigenvalue weighted by Crippen LogP contribution is 2.20. The molecule has 0 aliphatic rings. The summed E-state index contributed by atoms with van der Waals surface area (Å²) < 4.78 is 26.3. The Balaban J connectivity index is 2.25. The van der Waals surface area contributed by atoms with Gasteiger partial charge in [-0.15, -0.1) is 0 Å². The van der Waals surface area contributed by atoms with Crippen molar-refractivity contribution < 1.29 is 8.42 Å². The van der Waals surface area contributed by atoms with Crippen LogP contribution < -0.4 is 0 Å². The smallest absolute Gasteiger partial charge is 0.236 e. The summed E-state index contributed by atoms with van der Waals surface area (Å²) in [4.78, 5) is 4.41. The van der Waals surface area contributed by atoms with Gasteiger partial charge >= 0.3 is 0 Å². The lowest BCUT2D eigenvalue weighted by Gasteiger charge is -2.06. The Morgan fingerprint density at radius 2 is 1.79 bits per heavy atom. The van der Waals surface area contributed by atoms with E-state index in [9.17, 15) is 8.42 Å². The minimum Gasteiger partial charge on any atom is -0.236 e. The van der Waals surface area contributed by atoms with E-state index >= 15 is 0 Å². The molecule has 2 aromatic carbocycles. The van der Waals surface area contributed by atoms with Gasteiger partial charge in [0.1, 0.15) is 6.33 Å². The molecule has 0 aliphatic carbocycles. The number of nitrogens with zero attached hydrogens (tertiary/aromatic N) is 2. The van der Waals surface area contributed by atoms with Crippen molar-refractivity contribution in [1.82, 2.24) is 8.96 Å². The Labute approximate surface area is 111 Å². The van der Waals surface area contributed by atoms with Crippen LogP contribution in [0.25, 0.3) is 11.0 Å². The van der Waals surface area contributed by atoms with Crippen molar-refractivity contribution in [2.75, 3.05) is 0 Å². The van der Waals surface area contributed by atoms with Gasteiger partial charge in [0.2, 0.25) is 0 Å². The van der Waals surface area contributed by atoms with Crippen molar-refractivity contribution >= 4 is 21.1 Å². The first-order valence-electron chi connectivity index (χ1n) is 5.83. The summed E-state index contributed by atoms with van der Waals surface area (Å²) in [5, 5.41) is 0. The molecular weight excluding hydrogens is 260 g/mol. The third-order valence-corrected chi connectivity index (χ3v) is 4.65. The Hall–Kier alpha value is -2.14. The molecule has 0 fully saturated rings. The number of aryl methyl sites for hydroxylation is 1. The summed E-state index contributed by atoms with van der Waals surface area (Å²) in [5.41, 5.74) is 2.32. The van der Waals surface area contributed by atoms with Crippen molar-refractivity contribution in [3.8, 4) is 0 Å². The molecule has 0 amide bonds. The van der Waals surface area contributed by atoms with E-state index in [0.717, 1.165) is 5.56 Å². The molecule has 0 bridgehead atoms. The Bertz CT molecular complexity index is 836. The molecular formula is C14H12N2O2S. The van der Waals surface area contributed by atoms with E-state index < -0.39 is 10.0 Å². The van der Waals surface area contributed by atoms with Gasteiger partial charge in [-0.3, -0.25) is 0 Å². The largest absolute Gasteiger partial charge is 0.269 e. The Kier molecular flexibility index (Phi) is 2.64. The predicted molar refractivity (Wildman–Crippen MR) is 73.5 cm³/mol. The quantitative estimate of drug-likeness (QED) is 0.720. The molecule has 0 aliphatic heterocycles. The standard InChI is InChI=1S/C14H12N2O2S/c1-11-7-8-14-13(9-11)15-10-16(14)19(17,18)12-5-3-2-4-6-12/h2-10H,1H3. The number of rotatable bonds is 2. The Morgan fingerprint density at radius 3 is 2.53 bits per heavy atom. The minimum absolute atomic E-state index is 0.259. The van der Waals surface area contributed by atoms with Crippen LogP contribution in [0.4, 0.5) is 0 Å².